The summed E-state index contributed by atoms with van der Waals surface area (Å²) in [6.07, 6.45) is 3.60. The number of benzene rings is 1. The minimum absolute atomic E-state index is 0.0604. The van der Waals surface area contributed by atoms with Crippen molar-refractivity contribution in [1.82, 2.24) is 4.90 Å². The average molecular weight is 395 g/mol. The Morgan fingerprint density at radius 1 is 1.21 bits per heavy atom. The van der Waals surface area contributed by atoms with Crippen molar-refractivity contribution in [3.8, 4) is 6.07 Å². The fourth-order valence-electron chi connectivity index (χ4n) is 3.53. The summed E-state index contributed by atoms with van der Waals surface area (Å²) in [5.41, 5.74) is 0.619. The predicted octanol–water partition coefficient (Wildman–Crippen LogP) is 1.77. The zero-order valence-electron chi connectivity index (χ0n) is 16.0. The largest absolute Gasteiger partial charge is 0.452 e. The van der Waals surface area contributed by atoms with Crippen LogP contribution in [0.25, 0.3) is 0 Å². The van der Waals surface area contributed by atoms with E-state index in [4.69, 9.17) is 10.00 Å². The number of carbonyl (C=O) groups excluding carboxylic acids is 4. The summed E-state index contributed by atoms with van der Waals surface area (Å²) in [4.78, 5) is 50.2. The van der Waals surface area contributed by atoms with Gasteiger partial charge < -0.3 is 10.1 Å². The summed E-state index contributed by atoms with van der Waals surface area (Å²) < 4.78 is 5.11. The summed E-state index contributed by atoms with van der Waals surface area (Å²) in [5, 5.41) is 11.6. The molecule has 1 aromatic rings. The molecule has 8 heteroatoms. The molecule has 0 bridgehead atoms. The summed E-state index contributed by atoms with van der Waals surface area (Å²) in [7, 11) is 0. The van der Waals surface area contributed by atoms with Gasteiger partial charge in [0.1, 0.15) is 6.07 Å². The van der Waals surface area contributed by atoms with Gasteiger partial charge in [-0.1, -0.05) is 24.3 Å². The first-order valence-corrected chi connectivity index (χ1v) is 9.42. The van der Waals surface area contributed by atoms with Crippen molar-refractivity contribution in [2.24, 2.45) is 11.8 Å². The molecule has 29 heavy (non-hydrogen) atoms. The van der Waals surface area contributed by atoms with Crippen LogP contribution in [0.15, 0.2) is 36.4 Å². The third-order valence-electron chi connectivity index (χ3n) is 5.12. The zero-order valence-corrected chi connectivity index (χ0v) is 16.0. The lowest BCUT2D eigenvalue weighted by atomic mass is 9.85. The van der Waals surface area contributed by atoms with Gasteiger partial charge in [-0.3, -0.25) is 24.1 Å². The number of anilines is 1. The molecular formula is C21H21N3O5. The molecule has 150 valence electrons. The minimum Gasteiger partial charge on any atom is -0.452 e. The van der Waals surface area contributed by atoms with Gasteiger partial charge in [-0.2, -0.15) is 5.26 Å². The number of ether oxygens (including phenoxy) is 1. The van der Waals surface area contributed by atoms with Gasteiger partial charge in [0, 0.05) is 6.54 Å². The minimum atomic E-state index is -1.09. The van der Waals surface area contributed by atoms with Crippen molar-refractivity contribution in [1.29, 1.82) is 5.26 Å². The van der Waals surface area contributed by atoms with E-state index in [9.17, 15) is 19.2 Å². The summed E-state index contributed by atoms with van der Waals surface area (Å²) >= 11 is 0. The van der Waals surface area contributed by atoms with E-state index in [0.29, 0.717) is 24.1 Å². The van der Waals surface area contributed by atoms with E-state index >= 15 is 0 Å². The van der Waals surface area contributed by atoms with Gasteiger partial charge in [-0.25, -0.2) is 0 Å². The molecular weight excluding hydrogens is 374 g/mol. The quantitative estimate of drug-likeness (QED) is 0.446. The number of hydrogen-bond donors (Lipinski definition) is 1. The molecule has 3 amide bonds. The number of para-hydroxylation sites is 1. The highest BCUT2D eigenvalue weighted by Gasteiger charge is 2.47. The molecule has 3 atom stereocenters. The maximum Gasteiger partial charge on any atom is 0.308 e. The molecule has 1 N–H and O–H groups in total. The SMILES string of the molecule is CC(OC(=O)CCN1C(=O)C2CC=CCC2C1=O)C(=O)Nc1ccccc1C#N. The molecule has 1 aliphatic heterocycles. The van der Waals surface area contributed by atoms with Crippen LogP contribution in [0.5, 0.6) is 0 Å². The van der Waals surface area contributed by atoms with Crippen LogP contribution in [0.2, 0.25) is 0 Å². The van der Waals surface area contributed by atoms with E-state index in [0.717, 1.165) is 4.90 Å². The Balaban J connectivity index is 1.50. The Bertz CT molecular complexity index is 891. The van der Waals surface area contributed by atoms with Crippen molar-refractivity contribution in [2.45, 2.75) is 32.3 Å². The van der Waals surface area contributed by atoms with Crippen molar-refractivity contribution in [2.75, 3.05) is 11.9 Å². The third kappa shape index (κ3) is 4.35. The molecule has 3 unspecified atom stereocenters. The van der Waals surface area contributed by atoms with Crippen molar-refractivity contribution in [3.63, 3.8) is 0 Å². The van der Waals surface area contributed by atoms with Gasteiger partial charge in [0.15, 0.2) is 6.10 Å². The van der Waals surface area contributed by atoms with Crippen LogP contribution in [0, 0.1) is 23.2 Å². The van der Waals surface area contributed by atoms with E-state index < -0.39 is 18.0 Å². The van der Waals surface area contributed by atoms with Crippen molar-refractivity contribution < 1.29 is 23.9 Å². The van der Waals surface area contributed by atoms with Gasteiger partial charge in [0.2, 0.25) is 11.8 Å². The summed E-state index contributed by atoms with van der Waals surface area (Å²) in [6, 6.07) is 8.44. The van der Waals surface area contributed by atoms with E-state index in [-0.39, 0.29) is 36.6 Å². The molecule has 1 saturated heterocycles. The maximum absolute atomic E-state index is 12.4. The molecule has 1 aromatic carbocycles. The van der Waals surface area contributed by atoms with E-state index in [1.807, 2.05) is 18.2 Å². The Labute approximate surface area is 168 Å². The number of fused-ring (bicyclic) bond motifs is 1. The maximum atomic E-state index is 12.4. The molecule has 1 aliphatic carbocycles. The average Bonchev–Trinajstić information content (AvgIpc) is 2.97. The molecule has 1 heterocycles. The first-order valence-electron chi connectivity index (χ1n) is 9.42. The highest BCUT2D eigenvalue weighted by molar-refractivity contribution is 6.05. The molecule has 2 aliphatic rings. The first kappa shape index (κ1) is 20.3. The highest BCUT2D eigenvalue weighted by Crippen LogP contribution is 2.35. The van der Waals surface area contributed by atoms with Crippen LogP contribution >= 0.6 is 0 Å². The molecule has 0 aromatic heterocycles. The van der Waals surface area contributed by atoms with Gasteiger partial charge in [0.25, 0.3) is 5.91 Å². The number of nitriles is 1. The molecule has 0 spiro atoms. The molecule has 8 nitrogen and oxygen atoms in total. The molecule has 0 saturated carbocycles. The van der Waals surface area contributed by atoms with Gasteiger partial charge in [0.05, 0.1) is 29.5 Å². The second kappa shape index (κ2) is 8.69. The molecule has 0 radical (unpaired) electrons. The number of allylic oxidation sites excluding steroid dienone is 2. The number of nitrogens with zero attached hydrogens (tertiary/aromatic N) is 2. The van der Waals surface area contributed by atoms with Crippen LogP contribution in [0.4, 0.5) is 5.69 Å². The monoisotopic (exact) mass is 395 g/mol. The number of nitrogens with one attached hydrogen (secondary N) is 1. The van der Waals surface area contributed by atoms with Gasteiger partial charge in [-0.15, -0.1) is 0 Å². The lowest BCUT2D eigenvalue weighted by Crippen LogP contribution is -2.35. The second-order valence-corrected chi connectivity index (χ2v) is 7.01. The number of likely N-dealkylation sites (tertiary alicyclic amines) is 1. The van der Waals surface area contributed by atoms with Crippen LogP contribution in [0.1, 0.15) is 31.7 Å². The number of imide groups is 1. The first-order chi connectivity index (χ1) is 13.9. The van der Waals surface area contributed by atoms with Crippen molar-refractivity contribution >= 4 is 29.4 Å². The smallest absolute Gasteiger partial charge is 0.308 e. The van der Waals surface area contributed by atoms with E-state index in [2.05, 4.69) is 5.32 Å². The predicted molar refractivity (Wildman–Crippen MR) is 102 cm³/mol. The van der Waals surface area contributed by atoms with Crippen LogP contribution in [0.3, 0.4) is 0 Å². The lowest BCUT2D eigenvalue weighted by molar-refractivity contribution is -0.154. The number of carbonyl (C=O) groups is 4. The zero-order chi connectivity index (χ0) is 21.0. The lowest BCUT2D eigenvalue weighted by Gasteiger charge is -2.16. The standard InChI is InChI=1S/C21H21N3O5/c1-13(19(26)23-17-9-5-2-6-14(17)12-22)29-18(25)10-11-24-20(27)15-7-3-4-8-16(15)21(24)28/h2-6,9,13,15-16H,7-8,10-11H2,1H3,(H,23,26). The van der Waals surface area contributed by atoms with E-state index in [1.165, 1.54) is 6.92 Å². The molecule has 3 rings (SSSR count). The van der Waals surface area contributed by atoms with Crippen LogP contribution in [-0.4, -0.2) is 41.2 Å². The van der Waals surface area contributed by atoms with Gasteiger partial charge >= 0.3 is 5.97 Å². The number of esters is 1. The Hall–Kier alpha value is -3.47. The third-order valence-corrected chi connectivity index (χ3v) is 5.12. The van der Waals surface area contributed by atoms with Crippen molar-refractivity contribution in [3.05, 3.63) is 42.0 Å². The number of amides is 3. The highest BCUT2D eigenvalue weighted by atomic mass is 16.5. The second-order valence-electron chi connectivity index (χ2n) is 7.01. The summed E-state index contributed by atoms with van der Waals surface area (Å²) in [6.45, 7) is 1.35. The fourth-order valence-corrected chi connectivity index (χ4v) is 3.53. The van der Waals surface area contributed by atoms with Crippen LogP contribution in [-0.2, 0) is 23.9 Å². The summed E-state index contributed by atoms with van der Waals surface area (Å²) in [5.74, 6) is -2.45. The normalized spacial score (nSPS) is 21.3. The van der Waals surface area contributed by atoms with Gasteiger partial charge in [-0.05, 0) is 31.9 Å². The van der Waals surface area contributed by atoms with Crippen LogP contribution < -0.4 is 5.32 Å². The van der Waals surface area contributed by atoms with E-state index in [1.54, 1.807) is 24.3 Å². The Kier molecular flexibility index (Phi) is 6.07. The topological polar surface area (TPSA) is 117 Å². The Morgan fingerprint density at radius 3 is 2.45 bits per heavy atom. The number of hydrogen-bond acceptors (Lipinski definition) is 6. The Morgan fingerprint density at radius 2 is 1.83 bits per heavy atom. The molecule has 1 fully saturated rings. The fraction of sp³-hybridized carbons (Fsp3) is 0.381. The number of rotatable bonds is 6.